The third-order valence-electron chi connectivity index (χ3n) is 4.39. The Morgan fingerprint density at radius 2 is 1.46 bits per heavy atom. The maximum absolute atomic E-state index is 13.4. The van der Waals surface area contributed by atoms with E-state index < -0.39 is 17.6 Å². The Bertz CT molecular complexity index is 1040. The van der Waals surface area contributed by atoms with Crippen molar-refractivity contribution in [1.29, 1.82) is 0 Å². The number of rotatable bonds is 5. The first-order valence-electron chi connectivity index (χ1n) is 8.61. The van der Waals surface area contributed by atoms with Gasteiger partial charge in [0, 0.05) is 16.7 Å². The molecule has 6 heteroatoms. The number of pyridine rings is 1. The molecule has 0 aliphatic rings. The second-order valence-corrected chi connectivity index (χ2v) is 6.60. The standard InChI is InChI=1S/C22H17F2NO3/c1-12(2)20-17(11-26)18(13-3-7-15(23)8-4-13)19(22(27)28)21(25-20)14-5-9-16(24)10-6-14/h3-12H,1-2H3,(H,27,28). The van der Waals surface area contributed by atoms with Gasteiger partial charge >= 0.3 is 5.97 Å². The predicted octanol–water partition coefficient (Wildman–Crippen LogP) is 5.33. The van der Waals surface area contributed by atoms with Gasteiger partial charge in [-0.3, -0.25) is 9.78 Å². The summed E-state index contributed by atoms with van der Waals surface area (Å²) >= 11 is 0. The molecule has 0 aliphatic carbocycles. The van der Waals surface area contributed by atoms with Crippen LogP contribution >= 0.6 is 0 Å². The largest absolute Gasteiger partial charge is 0.478 e. The number of aldehydes is 1. The second kappa shape index (κ2) is 7.68. The minimum absolute atomic E-state index is 0.126. The van der Waals surface area contributed by atoms with Gasteiger partial charge in [0.2, 0.25) is 0 Å². The van der Waals surface area contributed by atoms with Gasteiger partial charge in [0.05, 0.1) is 17.0 Å². The number of carbonyl (C=O) groups excluding carboxylic acids is 1. The predicted molar refractivity (Wildman–Crippen MR) is 101 cm³/mol. The Morgan fingerprint density at radius 3 is 1.89 bits per heavy atom. The average Bonchev–Trinajstić information content (AvgIpc) is 2.67. The summed E-state index contributed by atoms with van der Waals surface area (Å²) in [6.07, 6.45) is 0.571. The third kappa shape index (κ3) is 3.53. The topological polar surface area (TPSA) is 67.3 Å². The molecule has 0 bridgehead atoms. The lowest BCUT2D eigenvalue weighted by atomic mass is 9.88. The zero-order chi connectivity index (χ0) is 20.4. The normalized spacial score (nSPS) is 10.9. The summed E-state index contributed by atoms with van der Waals surface area (Å²) in [5, 5.41) is 9.92. The van der Waals surface area contributed by atoms with Gasteiger partial charge in [-0.15, -0.1) is 0 Å². The van der Waals surface area contributed by atoms with Crippen LogP contribution in [0.1, 0.15) is 46.2 Å². The molecule has 3 aromatic rings. The Balaban J connectivity index is 2.46. The van der Waals surface area contributed by atoms with Crippen molar-refractivity contribution in [3.8, 4) is 22.4 Å². The van der Waals surface area contributed by atoms with Gasteiger partial charge in [-0.1, -0.05) is 26.0 Å². The number of carbonyl (C=O) groups is 2. The van der Waals surface area contributed by atoms with Crippen LogP contribution in [0.2, 0.25) is 0 Å². The van der Waals surface area contributed by atoms with E-state index in [4.69, 9.17) is 0 Å². The lowest BCUT2D eigenvalue weighted by Gasteiger charge is -2.19. The molecular formula is C22H17F2NO3. The summed E-state index contributed by atoms with van der Waals surface area (Å²) < 4.78 is 26.8. The number of carboxylic acids is 1. The quantitative estimate of drug-likeness (QED) is 0.607. The molecule has 0 saturated heterocycles. The Kier molecular flexibility index (Phi) is 5.31. The van der Waals surface area contributed by atoms with E-state index in [0.717, 1.165) is 0 Å². The first kappa shape index (κ1) is 19.4. The van der Waals surface area contributed by atoms with E-state index in [2.05, 4.69) is 4.98 Å². The lowest BCUT2D eigenvalue weighted by molar-refractivity contribution is 0.0698. The van der Waals surface area contributed by atoms with Crippen molar-refractivity contribution in [2.75, 3.05) is 0 Å². The molecule has 4 nitrogen and oxygen atoms in total. The van der Waals surface area contributed by atoms with Gasteiger partial charge in [-0.25, -0.2) is 13.6 Å². The molecule has 0 unspecified atom stereocenters. The summed E-state index contributed by atoms with van der Waals surface area (Å²) in [6, 6.07) is 10.5. The molecule has 0 radical (unpaired) electrons. The van der Waals surface area contributed by atoms with Crippen LogP contribution in [-0.2, 0) is 0 Å². The van der Waals surface area contributed by atoms with Crippen LogP contribution < -0.4 is 0 Å². The highest BCUT2D eigenvalue weighted by atomic mass is 19.1. The Hall–Kier alpha value is -3.41. The van der Waals surface area contributed by atoms with Gasteiger partial charge in [0.15, 0.2) is 6.29 Å². The molecule has 1 aromatic heterocycles. The van der Waals surface area contributed by atoms with E-state index in [0.29, 0.717) is 23.1 Å². The summed E-state index contributed by atoms with van der Waals surface area (Å²) in [4.78, 5) is 28.5. The molecule has 1 N–H and O–H groups in total. The van der Waals surface area contributed by atoms with E-state index in [1.54, 1.807) is 0 Å². The first-order valence-corrected chi connectivity index (χ1v) is 8.61. The molecule has 0 amide bonds. The molecule has 0 fully saturated rings. The van der Waals surface area contributed by atoms with Crippen LogP contribution in [0.15, 0.2) is 48.5 Å². The van der Waals surface area contributed by atoms with Crippen molar-refractivity contribution in [3.63, 3.8) is 0 Å². The summed E-state index contributed by atoms with van der Waals surface area (Å²) in [5.41, 5.74) is 1.45. The SMILES string of the molecule is CC(C)c1nc(-c2ccc(F)cc2)c(C(=O)O)c(-c2ccc(F)cc2)c1C=O. The van der Waals surface area contributed by atoms with Crippen molar-refractivity contribution in [3.05, 3.63) is 77.0 Å². The third-order valence-corrected chi connectivity index (χ3v) is 4.39. The van der Waals surface area contributed by atoms with Crippen LogP contribution in [0, 0.1) is 11.6 Å². The monoisotopic (exact) mass is 381 g/mol. The number of hydrogen-bond donors (Lipinski definition) is 1. The number of nitrogens with zero attached hydrogens (tertiary/aromatic N) is 1. The highest BCUT2D eigenvalue weighted by molar-refractivity contribution is 6.06. The van der Waals surface area contributed by atoms with Gasteiger partial charge in [-0.2, -0.15) is 0 Å². The molecule has 142 valence electrons. The number of aromatic carboxylic acids is 1. The molecule has 28 heavy (non-hydrogen) atoms. The molecule has 0 spiro atoms. The van der Waals surface area contributed by atoms with Crippen LogP contribution in [0.5, 0.6) is 0 Å². The van der Waals surface area contributed by atoms with E-state index in [9.17, 15) is 23.5 Å². The van der Waals surface area contributed by atoms with Crippen LogP contribution in [-0.4, -0.2) is 22.3 Å². The number of benzene rings is 2. The maximum Gasteiger partial charge on any atom is 0.338 e. The van der Waals surface area contributed by atoms with Crippen LogP contribution in [0.4, 0.5) is 8.78 Å². The second-order valence-electron chi connectivity index (χ2n) is 6.60. The minimum Gasteiger partial charge on any atom is -0.478 e. The van der Waals surface area contributed by atoms with E-state index in [-0.39, 0.29) is 28.3 Å². The van der Waals surface area contributed by atoms with Crippen molar-refractivity contribution in [2.24, 2.45) is 0 Å². The zero-order valence-electron chi connectivity index (χ0n) is 15.2. The molecule has 3 rings (SSSR count). The van der Waals surface area contributed by atoms with E-state index in [1.165, 1.54) is 48.5 Å². The summed E-state index contributed by atoms with van der Waals surface area (Å²) in [5.74, 6) is -2.41. The minimum atomic E-state index is -1.29. The van der Waals surface area contributed by atoms with Gasteiger partial charge in [0.25, 0.3) is 0 Å². The zero-order valence-corrected chi connectivity index (χ0v) is 15.2. The van der Waals surface area contributed by atoms with Crippen LogP contribution in [0.25, 0.3) is 22.4 Å². The van der Waals surface area contributed by atoms with E-state index >= 15 is 0 Å². The van der Waals surface area contributed by atoms with Crippen molar-refractivity contribution in [2.45, 2.75) is 19.8 Å². The molecule has 0 saturated carbocycles. The molecule has 1 heterocycles. The van der Waals surface area contributed by atoms with Crippen molar-refractivity contribution >= 4 is 12.3 Å². The van der Waals surface area contributed by atoms with Crippen molar-refractivity contribution < 1.29 is 23.5 Å². The Labute approximate surface area is 160 Å². The smallest absolute Gasteiger partial charge is 0.338 e. The first-order chi connectivity index (χ1) is 13.3. The van der Waals surface area contributed by atoms with Gasteiger partial charge < -0.3 is 5.11 Å². The summed E-state index contributed by atoms with van der Waals surface area (Å²) in [6.45, 7) is 3.66. The van der Waals surface area contributed by atoms with Gasteiger partial charge in [-0.05, 0) is 47.9 Å². The maximum atomic E-state index is 13.4. The molecule has 0 aliphatic heterocycles. The van der Waals surface area contributed by atoms with Gasteiger partial charge in [0.1, 0.15) is 11.6 Å². The average molecular weight is 381 g/mol. The fourth-order valence-electron chi connectivity index (χ4n) is 3.12. The molecule has 2 aromatic carbocycles. The summed E-state index contributed by atoms with van der Waals surface area (Å²) in [7, 11) is 0. The number of halogens is 2. The highest BCUT2D eigenvalue weighted by Gasteiger charge is 2.26. The fourth-order valence-corrected chi connectivity index (χ4v) is 3.12. The highest BCUT2D eigenvalue weighted by Crippen LogP contribution is 2.37. The van der Waals surface area contributed by atoms with E-state index in [1.807, 2.05) is 13.8 Å². The molecule has 0 atom stereocenters. The molecular weight excluding hydrogens is 364 g/mol. The fraction of sp³-hybridized carbons (Fsp3) is 0.136. The lowest BCUT2D eigenvalue weighted by Crippen LogP contribution is -2.12. The van der Waals surface area contributed by atoms with Crippen molar-refractivity contribution in [1.82, 2.24) is 4.98 Å². The number of hydrogen-bond acceptors (Lipinski definition) is 3. The number of aromatic nitrogens is 1. The van der Waals surface area contributed by atoms with Crippen LogP contribution in [0.3, 0.4) is 0 Å². The Morgan fingerprint density at radius 1 is 0.964 bits per heavy atom. The number of carboxylic acid groups (broad SMARTS) is 1.